The van der Waals surface area contributed by atoms with Crippen LogP contribution in [0.3, 0.4) is 0 Å². The highest BCUT2D eigenvalue weighted by Gasteiger charge is 2.69. The van der Waals surface area contributed by atoms with Crippen molar-refractivity contribution in [2.24, 2.45) is 46.3 Å². The fourth-order valence-corrected chi connectivity index (χ4v) is 12.2. The van der Waals surface area contributed by atoms with E-state index < -0.39 is 11.6 Å². The first-order chi connectivity index (χ1) is 24.3. The molecule has 6 aliphatic rings. The predicted molar refractivity (Wildman–Crippen MR) is 185 cm³/mol. The van der Waals surface area contributed by atoms with Gasteiger partial charge in [-0.3, -0.25) is 14.4 Å². The number of rotatable bonds is 7. The smallest absolute Gasteiger partial charge is 0.305 e. The Morgan fingerprint density at radius 2 is 1.49 bits per heavy atom. The van der Waals surface area contributed by atoms with Crippen LogP contribution >= 0.6 is 0 Å². The monoisotopic (exact) mass is 710 g/mol. The van der Waals surface area contributed by atoms with Crippen LogP contribution in [0, 0.1) is 46.3 Å². The van der Waals surface area contributed by atoms with Gasteiger partial charge in [0, 0.05) is 57.3 Å². The standard InChI is InChI=1S/C41H58O10/c1-25(12-15-36(44)45-6)31-13-14-32-37-33(23-35(39(31,32)5)47-27(3)43)38(4)20-21-41(24-30(38)22-34(37)46-26(2)42)50-48-40(49-51-41)18-16-29(17-19-40)28-10-8-7-9-11-28/h7-11,25,29-35,37H,12-24H2,1-6H3/t25?,29?,30-,31-,32?,33?,34?,35+,37?,38+,39-,40?,41?/m1/s1. The fraction of sp³-hybridized carbons (Fsp3) is 0.780. The molecule has 0 amide bonds. The van der Waals surface area contributed by atoms with Crippen molar-refractivity contribution in [3.8, 4) is 0 Å². The molecule has 5 saturated carbocycles. The summed E-state index contributed by atoms with van der Waals surface area (Å²) in [6.45, 7) is 9.90. The average molecular weight is 711 g/mol. The van der Waals surface area contributed by atoms with Crippen LogP contribution in [0.5, 0.6) is 0 Å². The second-order valence-corrected chi connectivity index (χ2v) is 17.4. The molecular weight excluding hydrogens is 652 g/mol. The first-order valence-electron chi connectivity index (χ1n) is 19.5. The number of hydrogen-bond acceptors (Lipinski definition) is 10. The molecule has 5 unspecified atom stereocenters. The van der Waals surface area contributed by atoms with Gasteiger partial charge in [-0.15, -0.1) is 0 Å². The normalized spacial score (nSPS) is 43.7. The summed E-state index contributed by atoms with van der Waals surface area (Å²) in [5, 5.41) is 0. The lowest BCUT2D eigenvalue weighted by molar-refractivity contribution is -0.665. The van der Waals surface area contributed by atoms with Crippen LogP contribution in [-0.2, 0) is 48.1 Å². The minimum Gasteiger partial charge on any atom is -0.469 e. The Kier molecular flexibility index (Phi) is 10.1. The molecule has 0 bridgehead atoms. The third-order valence-corrected chi connectivity index (χ3v) is 14.9. The Labute approximate surface area is 302 Å². The molecule has 2 spiro atoms. The van der Waals surface area contributed by atoms with Crippen LogP contribution in [0.4, 0.5) is 0 Å². The lowest BCUT2D eigenvalue weighted by atomic mass is 9.42. The van der Waals surface area contributed by atoms with Gasteiger partial charge in [0.05, 0.1) is 7.11 Å². The molecule has 7 rings (SSSR count). The highest BCUT2D eigenvalue weighted by molar-refractivity contribution is 5.69. The first kappa shape index (κ1) is 36.8. The third-order valence-electron chi connectivity index (χ3n) is 14.9. The number of benzene rings is 1. The zero-order valence-electron chi connectivity index (χ0n) is 31.4. The van der Waals surface area contributed by atoms with Gasteiger partial charge in [0.2, 0.25) is 11.6 Å². The minimum absolute atomic E-state index is 0.102. The predicted octanol–water partition coefficient (Wildman–Crippen LogP) is 7.98. The van der Waals surface area contributed by atoms with Crippen molar-refractivity contribution in [3.05, 3.63) is 35.9 Å². The van der Waals surface area contributed by atoms with E-state index in [4.69, 9.17) is 33.8 Å². The molecule has 1 aromatic carbocycles. The van der Waals surface area contributed by atoms with Gasteiger partial charge in [-0.1, -0.05) is 51.1 Å². The molecule has 10 atom stereocenters. The third kappa shape index (κ3) is 6.65. The molecule has 0 radical (unpaired) electrons. The molecule has 6 fully saturated rings. The molecule has 1 heterocycles. The van der Waals surface area contributed by atoms with Crippen molar-refractivity contribution in [2.75, 3.05) is 7.11 Å². The van der Waals surface area contributed by atoms with E-state index in [9.17, 15) is 14.4 Å². The number of carbonyl (C=O) groups is 3. The summed E-state index contributed by atoms with van der Waals surface area (Å²) >= 11 is 0. The number of methoxy groups -OCH3 is 1. The first-order valence-corrected chi connectivity index (χ1v) is 19.5. The highest BCUT2D eigenvalue weighted by Crippen LogP contribution is 2.70. The van der Waals surface area contributed by atoms with Crippen molar-refractivity contribution >= 4 is 17.9 Å². The van der Waals surface area contributed by atoms with E-state index in [-0.39, 0.29) is 76.5 Å². The quantitative estimate of drug-likeness (QED) is 0.157. The summed E-state index contributed by atoms with van der Waals surface area (Å²) in [5.74, 6) is -1.16. The van der Waals surface area contributed by atoms with Gasteiger partial charge in [0.15, 0.2) is 0 Å². The molecule has 1 aromatic rings. The zero-order chi connectivity index (χ0) is 36.2. The van der Waals surface area contributed by atoms with Gasteiger partial charge in [-0.25, -0.2) is 0 Å². The topological polar surface area (TPSA) is 116 Å². The maximum absolute atomic E-state index is 12.7. The summed E-state index contributed by atoms with van der Waals surface area (Å²) in [7, 11) is 1.43. The van der Waals surface area contributed by atoms with Crippen molar-refractivity contribution < 1.29 is 48.1 Å². The second kappa shape index (κ2) is 14.0. The molecule has 1 aliphatic heterocycles. The van der Waals surface area contributed by atoms with Gasteiger partial charge >= 0.3 is 17.9 Å². The van der Waals surface area contributed by atoms with E-state index >= 15 is 0 Å². The van der Waals surface area contributed by atoms with Crippen molar-refractivity contribution in [2.45, 2.75) is 148 Å². The summed E-state index contributed by atoms with van der Waals surface area (Å²) in [5.41, 5.74) is 0.896. The molecular formula is C41H58O10. The Morgan fingerprint density at radius 1 is 0.824 bits per heavy atom. The van der Waals surface area contributed by atoms with Crippen LogP contribution in [0.15, 0.2) is 30.3 Å². The number of esters is 3. The van der Waals surface area contributed by atoms with Crippen LogP contribution in [0.25, 0.3) is 0 Å². The lowest BCUT2D eigenvalue weighted by Crippen LogP contribution is -2.65. The van der Waals surface area contributed by atoms with Crippen LogP contribution in [0.2, 0.25) is 0 Å². The number of ether oxygens (including phenoxy) is 3. The SMILES string of the molecule is COC(=O)CCC(C)[C@H]1CCC2C3C(OC(C)=O)C[C@@H]4CC5(CC[C@]4(C)C3C[C@H](OC(C)=O)[C@@]21C)OOC1(CCC(c2ccccc2)CC1)OO5. The second-order valence-electron chi connectivity index (χ2n) is 17.4. The number of hydrogen-bond donors (Lipinski definition) is 0. The summed E-state index contributed by atoms with van der Waals surface area (Å²) in [4.78, 5) is 62.4. The Bertz CT molecular complexity index is 1430. The summed E-state index contributed by atoms with van der Waals surface area (Å²) in [6, 6.07) is 10.6. The summed E-state index contributed by atoms with van der Waals surface area (Å²) < 4.78 is 17.5. The molecule has 0 aromatic heterocycles. The largest absolute Gasteiger partial charge is 0.469 e. The van der Waals surface area contributed by atoms with E-state index in [2.05, 4.69) is 45.0 Å². The Hall–Kier alpha value is -2.53. The molecule has 10 nitrogen and oxygen atoms in total. The molecule has 5 aliphatic carbocycles. The molecule has 10 heteroatoms. The van der Waals surface area contributed by atoms with E-state index in [0.29, 0.717) is 50.9 Å². The van der Waals surface area contributed by atoms with Gasteiger partial charge in [0.1, 0.15) is 12.2 Å². The fourth-order valence-electron chi connectivity index (χ4n) is 12.2. The lowest BCUT2D eigenvalue weighted by Gasteiger charge is -2.65. The zero-order valence-corrected chi connectivity index (χ0v) is 31.4. The number of fused-ring (bicyclic) bond motifs is 5. The van der Waals surface area contributed by atoms with Crippen LogP contribution in [0.1, 0.15) is 130 Å². The molecule has 282 valence electrons. The van der Waals surface area contributed by atoms with E-state index in [0.717, 1.165) is 38.5 Å². The van der Waals surface area contributed by atoms with Crippen LogP contribution in [-0.4, -0.2) is 48.8 Å². The Morgan fingerprint density at radius 3 is 2.14 bits per heavy atom. The van der Waals surface area contributed by atoms with Gasteiger partial charge in [-0.05, 0) is 97.9 Å². The summed E-state index contributed by atoms with van der Waals surface area (Å²) in [6.07, 6.45) is 9.06. The average Bonchev–Trinajstić information content (AvgIpc) is 3.48. The Balaban J connectivity index is 1.10. The van der Waals surface area contributed by atoms with E-state index in [1.807, 2.05) is 6.07 Å². The van der Waals surface area contributed by atoms with Crippen molar-refractivity contribution in [3.63, 3.8) is 0 Å². The molecule has 51 heavy (non-hydrogen) atoms. The molecule has 0 N–H and O–H groups in total. The van der Waals surface area contributed by atoms with E-state index in [1.165, 1.54) is 26.5 Å². The maximum Gasteiger partial charge on any atom is 0.305 e. The van der Waals surface area contributed by atoms with Crippen molar-refractivity contribution in [1.82, 2.24) is 0 Å². The van der Waals surface area contributed by atoms with E-state index in [1.54, 1.807) is 0 Å². The van der Waals surface area contributed by atoms with Gasteiger partial charge in [0.25, 0.3) is 0 Å². The van der Waals surface area contributed by atoms with Gasteiger partial charge < -0.3 is 14.2 Å². The highest BCUT2D eigenvalue weighted by atomic mass is 17.4. The minimum atomic E-state index is -1.04. The molecule has 1 saturated heterocycles. The van der Waals surface area contributed by atoms with Crippen LogP contribution < -0.4 is 0 Å². The maximum atomic E-state index is 12.7. The van der Waals surface area contributed by atoms with Crippen molar-refractivity contribution in [1.29, 1.82) is 0 Å². The number of carbonyl (C=O) groups excluding carboxylic acids is 3. The van der Waals surface area contributed by atoms with Gasteiger partial charge in [-0.2, -0.15) is 19.6 Å².